The zero-order valence-corrected chi connectivity index (χ0v) is 11.1. The number of aliphatic hydroxyl groups is 1. The van der Waals surface area contributed by atoms with E-state index >= 15 is 0 Å². The Morgan fingerprint density at radius 2 is 2.28 bits per heavy atom. The minimum atomic E-state index is -0.922. The molecule has 0 bridgehead atoms. The second-order valence-electron chi connectivity index (χ2n) is 3.21. The van der Waals surface area contributed by atoms with Crippen LogP contribution in [0.1, 0.15) is 5.56 Å². The van der Waals surface area contributed by atoms with Gasteiger partial charge >= 0.3 is 11.7 Å². The summed E-state index contributed by atoms with van der Waals surface area (Å²) in [5.74, 6) is -1.40. The Morgan fingerprint density at radius 1 is 1.56 bits per heavy atom. The van der Waals surface area contributed by atoms with Gasteiger partial charge in [0.25, 0.3) is 0 Å². The molecule has 0 aromatic heterocycles. The van der Waals surface area contributed by atoms with Crippen LogP contribution in [0.5, 0.6) is 0 Å². The smallest absolute Gasteiger partial charge is 0.501 e. The van der Waals surface area contributed by atoms with Crippen molar-refractivity contribution in [3.05, 3.63) is 56.8 Å². The maximum atomic E-state index is 11.1. The summed E-state index contributed by atoms with van der Waals surface area (Å²) in [6.07, 6.45) is 2.81. The molecule has 0 saturated carbocycles. The molecule has 0 amide bonds. The van der Waals surface area contributed by atoms with Crippen molar-refractivity contribution in [2.45, 2.75) is 0 Å². The van der Waals surface area contributed by atoms with Crippen molar-refractivity contribution in [3.63, 3.8) is 0 Å². The molecule has 1 N–H and O–H groups in total. The van der Waals surface area contributed by atoms with Crippen LogP contribution >= 0.6 is 15.9 Å². The molecule has 0 aliphatic carbocycles. The average Bonchev–Trinajstić information content (AvgIpc) is 2.37. The second kappa shape index (κ2) is 6.57. The molecule has 1 aromatic rings. The van der Waals surface area contributed by atoms with Crippen LogP contribution in [0.4, 0.5) is 0 Å². The molecule has 0 radical (unpaired) electrons. The molecule has 0 atom stereocenters. The van der Waals surface area contributed by atoms with Crippen molar-refractivity contribution < 1.29 is 14.6 Å². The molecule has 0 saturated heterocycles. The van der Waals surface area contributed by atoms with E-state index in [1.807, 2.05) is 24.3 Å². The van der Waals surface area contributed by atoms with E-state index < -0.39 is 17.4 Å². The molecule has 0 fully saturated rings. The number of carbonyl (C=O) groups is 1. The van der Waals surface area contributed by atoms with Crippen LogP contribution < -0.4 is 0 Å². The maximum absolute atomic E-state index is 11.1. The number of ether oxygens (including phenoxy) is 1. The third kappa shape index (κ3) is 3.71. The zero-order valence-electron chi connectivity index (χ0n) is 9.50. The second-order valence-corrected chi connectivity index (χ2v) is 4.13. The summed E-state index contributed by atoms with van der Waals surface area (Å²) in [5.41, 5.74) is 0.252. The zero-order chi connectivity index (χ0) is 13.5. The molecule has 0 heterocycles. The Bertz CT molecular complexity index is 559. The van der Waals surface area contributed by atoms with Gasteiger partial charge in [-0.1, -0.05) is 34.1 Å². The van der Waals surface area contributed by atoms with Gasteiger partial charge in [0, 0.05) is 4.47 Å². The predicted octanol–water partition coefficient (Wildman–Crippen LogP) is 3.26. The Balaban J connectivity index is 2.99. The lowest BCUT2D eigenvalue weighted by molar-refractivity contribution is -0.135. The van der Waals surface area contributed by atoms with Crippen molar-refractivity contribution in [3.8, 4) is 0 Å². The summed E-state index contributed by atoms with van der Waals surface area (Å²) in [4.78, 5) is 13.8. The number of aliphatic hydroxyl groups excluding tert-OH is 1. The van der Waals surface area contributed by atoms with E-state index in [2.05, 4.69) is 25.6 Å². The molecule has 5 nitrogen and oxygen atoms in total. The van der Waals surface area contributed by atoms with Crippen LogP contribution in [0, 0.1) is 5.39 Å². The molecule has 0 aliphatic rings. The summed E-state index contributed by atoms with van der Waals surface area (Å²) >= 11 is 3.31. The van der Waals surface area contributed by atoms with Crippen molar-refractivity contribution in [2.24, 2.45) is 0 Å². The maximum Gasteiger partial charge on any atom is 0.509 e. The lowest BCUT2D eigenvalue weighted by atomic mass is 10.2. The minimum Gasteiger partial charge on any atom is -0.501 e. The fraction of sp³-hybridized carbons (Fsp3) is 0.0833. The fourth-order valence-corrected chi connectivity index (χ4v) is 1.57. The molecule has 1 rings (SSSR count). The van der Waals surface area contributed by atoms with Gasteiger partial charge < -0.3 is 9.84 Å². The third-order valence-corrected chi connectivity index (χ3v) is 2.50. The molecule has 0 aliphatic heterocycles. The van der Waals surface area contributed by atoms with Crippen molar-refractivity contribution in [1.82, 2.24) is 0 Å². The van der Waals surface area contributed by atoms with E-state index in [0.717, 1.165) is 17.1 Å². The molecule has 0 spiro atoms. The first-order valence-corrected chi connectivity index (χ1v) is 5.68. The highest BCUT2D eigenvalue weighted by Gasteiger charge is 2.28. The molecule has 0 unspecified atom stereocenters. The normalized spacial score (nSPS) is 11.8. The number of hydrogen-bond donors (Lipinski definition) is 1. The van der Waals surface area contributed by atoms with Gasteiger partial charge in [-0.25, -0.2) is 4.79 Å². The number of diazo groups is 1. The van der Waals surface area contributed by atoms with Crippen LogP contribution in [-0.4, -0.2) is 18.2 Å². The van der Waals surface area contributed by atoms with Gasteiger partial charge in [-0.3, -0.25) is 0 Å². The van der Waals surface area contributed by atoms with Gasteiger partial charge in [-0.2, -0.15) is 0 Å². The van der Waals surface area contributed by atoms with Crippen LogP contribution in [0.15, 0.2) is 46.3 Å². The number of nitrogens with zero attached hydrogens (tertiary/aromatic N) is 2. The first kappa shape index (κ1) is 13.9. The van der Waals surface area contributed by atoms with Gasteiger partial charge in [0.15, 0.2) is 4.98 Å². The van der Waals surface area contributed by atoms with Crippen molar-refractivity contribution >= 4 is 28.0 Å². The third-order valence-electron chi connectivity index (χ3n) is 2.00. The molecular formula is C12H10BrN2O3+. The Morgan fingerprint density at radius 3 is 2.83 bits per heavy atom. The summed E-state index contributed by atoms with van der Waals surface area (Å²) in [5, 5.41) is 18.2. The number of esters is 1. The lowest BCUT2D eigenvalue weighted by Crippen LogP contribution is -2.03. The number of benzene rings is 1. The van der Waals surface area contributed by atoms with Gasteiger partial charge in [0.2, 0.25) is 11.2 Å². The largest absolute Gasteiger partial charge is 0.509 e. The lowest BCUT2D eigenvalue weighted by Gasteiger charge is -1.94. The number of hydrogen-bond acceptors (Lipinski definition) is 4. The molecule has 18 heavy (non-hydrogen) atoms. The standard InChI is InChI=1S/C12H9BrN2O3/c1-18-12(17)11(15-14)10(16)6-5-8-3-2-4-9(13)7-8/h2-7H,1H3/p+1/b6-5+. The summed E-state index contributed by atoms with van der Waals surface area (Å²) in [7, 11) is 1.12. The summed E-state index contributed by atoms with van der Waals surface area (Å²) in [6.45, 7) is 0. The molecule has 1 aromatic carbocycles. The van der Waals surface area contributed by atoms with Crippen LogP contribution in [0.3, 0.4) is 0 Å². The summed E-state index contributed by atoms with van der Waals surface area (Å²) in [6, 6.07) is 7.30. The summed E-state index contributed by atoms with van der Waals surface area (Å²) < 4.78 is 5.23. The highest BCUT2D eigenvalue weighted by molar-refractivity contribution is 9.10. The van der Waals surface area contributed by atoms with E-state index in [4.69, 9.17) is 5.39 Å². The average molecular weight is 310 g/mol. The first-order valence-electron chi connectivity index (χ1n) is 4.88. The van der Waals surface area contributed by atoms with Crippen molar-refractivity contribution in [1.29, 1.82) is 5.39 Å². The number of rotatable bonds is 3. The quantitative estimate of drug-likeness (QED) is 0.306. The monoisotopic (exact) mass is 309 g/mol. The molecule has 92 valence electrons. The van der Waals surface area contributed by atoms with Gasteiger partial charge in [-0.05, 0) is 23.8 Å². The van der Waals surface area contributed by atoms with E-state index in [1.165, 1.54) is 6.08 Å². The van der Waals surface area contributed by atoms with E-state index in [0.29, 0.717) is 0 Å². The van der Waals surface area contributed by atoms with E-state index in [1.54, 1.807) is 6.08 Å². The highest BCUT2D eigenvalue weighted by atomic mass is 79.9. The number of methoxy groups -OCH3 is 1. The topological polar surface area (TPSA) is 74.7 Å². The number of halogens is 1. The molecule has 6 heteroatoms. The number of allylic oxidation sites excluding steroid dienone is 1. The number of carbonyl (C=O) groups excluding carboxylic acids is 1. The predicted molar refractivity (Wildman–Crippen MR) is 69.9 cm³/mol. The SMILES string of the molecule is COC(=O)C([N+]#N)=C(O)/C=C/c1cccc(Br)c1. The first-order chi connectivity index (χ1) is 8.58. The Labute approximate surface area is 112 Å². The fourth-order valence-electron chi connectivity index (χ4n) is 1.16. The Hall–Kier alpha value is -2.13. The van der Waals surface area contributed by atoms with E-state index in [-0.39, 0.29) is 0 Å². The molecular weight excluding hydrogens is 300 g/mol. The van der Waals surface area contributed by atoms with Crippen LogP contribution in [0.2, 0.25) is 0 Å². The van der Waals surface area contributed by atoms with Crippen molar-refractivity contribution in [2.75, 3.05) is 7.11 Å². The highest BCUT2D eigenvalue weighted by Crippen LogP contribution is 2.14. The van der Waals surface area contributed by atoms with Gasteiger partial charge in [0.05, 0.1) is 7.11 Å². The van der Waals surface area contributed by atoms with Crippen LogP contribution in [0.25, 0.3) is 11.1 Å². The van der Waals surface area contributed by atoms with Crippen LogP contribution in [-0.2, 0) is 9.53 Å². The Kier molecular flexibility index (Phi) is 5.08. The van der Waals surface area contributed by atoms with Gasteiger partial charge in [-0.15, -0.1) is 0 Å². The van der Waals surface area contributed by atoms with E-state index in [9.17, 15) is 9.90 Å². The minimum absolute atomic E-state index is 0.482. The van der Waals surface area contributed by atoms with Gasteiger partial charge in [0.1, 0.15) is 0 Å².